The Bertz CT molecular complexity index is 552. The highest BCUT2D eigenvalue weighted by Gasteiger charge is 2.40. The summed E-state index contributed by atoms with van der Waals surface area (Å²) in [5, 5.41) is 10.3. The van der Waals surface area contributed by atoms with Gasteiger partial charge in [0.15, 0.2) is 0 Å². The number of amides is 1. The van der Waals surface area contributed by atoms with Gasteiger partial charge in [-0.25, -0.2) is 9.78 Å². The molecule has 0 bridgehead atoms. The number of hydrogen-bond donors (Lipinski definition) is 1. The number of anilines is 1. The van der Waals surface area contributed by atoms with Crippen LogP contribution in [0.3, 0.4) is 0 Å². The van der Waals surface area contributed by atoms with Crippen molar-refractivity contribution >= 4 is 23.7 Å². The molecule has 2 aliphatic rings. The SMILES string of the molecule is CCCSc1ccc2c(n1)N1[C@H](C2)CN(C(=O)O)C[C@H]1C. The van der Waals surface area contributed by atoms with Gasteiger partial charge in [-0.15, -0.1) is 11.8 Å². The molecule has 21 heavy (non-hydrogen) atoms. The molecule has 2 atom stereocenters. The van der Waals surface area contributed by atoms with Crippen molar-refractivity contribution in [3.8, 4) is 0 Å². The number of pyridine rings is 1. The second-order valence-electron chi connectivity index (χ2n) is 5.78. The zero-order chi connectivity index (χ0) is 15.0. The Morgan fingerprint density at radius 1 is 1.48 bits per heavy atom. The number of carboxylic acid groups (broad SMARTS) is 1. The maximum atomic E-state index is 11.2. The van der Waals surface area contributed by atoms with Crippen molar-refractivity contribution < 1.29 is 9.90 Å². The van der Waals surface area contributed by atoms with Gasteiger partial charge in [-0.3, -0.25) is 0 Å². The summed E-state index contributed by atoms with van der Waals surface area (Å²) >= 11 is 1.79. The zero-order valence-electron chi connectivity index (χ0n) is 12.5. The van der Waals surface area contributed by atoms with E-state index in [0.717, 1.165) is 29.4 Å². The van der Waals surface area contributed by atoms with Gasteiger partial charge in [0.05, 0.1) is 11.1 Å². The Morgan fingerprint density at radius 3 is 3.00 bits per heavy atom. The van der Waals surface area contributed by atoms with Crippen LogP contribution < -0.4 is 4.90 Å². The number of fused-ring (bicyclic) bond motifs is 3. The van der Waals surface area contributed by atoms with E-state index in [2.05, 4.69) is 30.9 Å². The molecule has 2 aliphatic heterocycles. The lowest BCUT2D eigenvalue weighted by molar-refractivity contribution is 0.128. The van der Waals surface area contributed by atoms with Crippen molar-refractivity contribution in [2.24, 2.45) is 0 Å². The molecular weight excluding hydrogens is 286 g/mol. The summed E-state index contributed by atoms with van der Waals surface area (Å²) in [6.45, 7) is 5.39. The predicted molar refractivity (Wildman–Crippen MR) is 84.3 cm³/mol. The van der Waals surface area contributed by atoms with Gasteiger partial charge in [0.1, 0.15) is 5.82 Å². The lowest BCUT2D eigenvalue weighted by Gasteiger charge is -2.42. The summed E-state index contributed by atoms with van der Waals surface area (Å²) in [6.07, 6.45) is 1.22. The van der Waals surface area contributed by atoms with Gasteiger partial charge in [0.25, 0.3) is 0 Å². The average Bonchev–Trinajstić information content (AvgIpc) is 2.82. The van der Waals surface area contributed by atoms with E-state index in [1.807, 2.05) is 0 Å². The van der Waals surface area contributed by atoms with Gasteiger partial charge in [-0.2, -0.15) is 0 Å². The molecule has 3 rings (SSSR count). The summed E-state index contributed by atoms with van der Waals surface area (Å²) in [5.74, 6) is 2.15. The van der Waals surface area contributed by atoms with E-state index in [1.54, 1.807) is 11.8 Å². The van der Waals surface area contributed by atoms with Gasteiger partial charge in [0.2, 0.25) is 0 Å². The molecule has 0 saturated carbocycles. The minimum Gasteiger partial charge on any atom is -0.465 e. The lowest BCUT2D eigenvalue weighted by Crippen LogP contribution is -2.57. The Hall–Kier alpha value is -1.43. The third kappa shape index (κ3) is 2.69. The first-order valence-corrected chi connectivity index (χ1v) is 8.47. The van der Waals surface area contributed by atoms with E-state index in [4.69, 9.17) is 4.98 Å². The van der Waals surface area contributed by atoms with Crippen LogP contribution in [0.25, 0.3) is 0 Å². The number of hydrogen-bond acceptors (Lipinski definition) is 4. The fraction of sp³-hybridized carbons (Fsp3) is 0.600. The monoisotopic (exact) mass is 307 g/mol. The van der Waals surface area contributed by atoms with Crippen LogP contribution in [-0.4, -0.2) is 52.0 Å². The van der Waals surface area contributed by atoms with Gasteiger partial charge in [-0.05, 0) is 37.1 Å². The van der Waals surface area contributed by atoms with Crippen molar-refractivity contribution in [2.45, 2.75) is 43.8 Å². The molecular formula is C15H21N3O2S. The Morgan fingerprint density at radius 2 is 2.29 bits per heavy atom. The standard InChI is InChI=1S/C15H21N3O2S/c1-3-6-21-13-5-4-11-7-12-9-17(15(19)20)8-10(2)18(12)14(11)16-13/h4-5,10,12H,3,6-9H2,1-2H3,(H,19,20)/t10-,12-/m1/s1. The van der Waals surface area contributed by atoms with E-state index in [1.165, 1.54) is 10.5 Å². The zero-order valence-corrected chi connectivity index (χ0v) is 13.3. The fourth-order valence-electron chi connectivity index (χ4n) is 3.27. The number of rotatable bonds is 3. The Balaban J connectivity index is 1.83. The van der Waals surface area contributed by atoms with E-state index in [9.17, 15) is 9.90 Å². The third-order valence-electron chi connectivity index (χ3n) is 4.14. The highest BCUT2D eigenvalue weighted by molar-refractivity contribution is 7.99. The van der Waals surface area contributed by atoms with Crippen LogP contribution in [0.1, 0.15) is 25.8 Å². The van der Waals surface area contributed by atoms with Crippen LogP contribution in [-0.2, 0) is 6.42 Å². The molecule has 0 aromatic carbocycles. The molecule has 5 nitrogen and oxygen atoms in total. The first-order valence-electron chi connectivity index (χ1n) is 7.49. The average molecular weight is 307 g/mol. The van der Waals surface area contributed by atoms with Crippen molar-refractivity contribution in [2.75, 3.05) is 23.7 Å². The van der Waals surface area contributed by atoms with Crippen LogP contribution in [0.15, 0.2) is 17.2 Å². The summed E-state index contributed by atoms with van der Waals surface area (Å²) < 4.78 is 0. The third-order valence-corrected chi connectivity index (χ3v) is 5.27. The van der Waals surface area contributed by atoms with E-state index in [0.29, 0.717) is 13.1 Å². The smallest absolute Gasteiger partial charge is 0.407 e. The molecule has 1 saturated heterocycles. The summed E-state index contributed by atoms with van der Waals surface area (Å²) in [6, 6.07) is 4.67. The van der Waals surface area contributed by atoms with Crippen molar-refractivity contribution in [3.63, 3.8) is 0 Å². The second-order valence-corrected chi connectivity index (χ2v) is 6.90. The van der Waals surface area contributed by atoms with Gasteiger partial charge in [-0.1, -0.05) is 13.0 Å². The minimum atomic E-state index is -0.815. The predicted octanol–water partition coefficient (Wildman–Crippen LogP) is 2.70. The summed E-state index contributed by atoms with van der Waals surface area (Å²) in [4.78, 5) is 19.9. The molecule has 3 heterocycles. The second kappa shape index (κ2) is 5.75. The number of nitrogens with zero attached hydrogens (tertiary/aromatic N) is 3. The molecule has 1 amide bonds. The molecule has 1 N–H and O–H groups in total. The van der Waals surface area contributed by atoms with Gasteiger partial charge in [0, 0.05) is 19.1 Å². The van der Waals surface area contributed by atoms with Crippen molar-refractivity contribution in [3.05, 3.63) is 17.7 Å². The summed E-state index contributed by atoms with van der Waals surface area (Å²) in [7, 11) is 0. The lowest BCUT2D eigenvalue weighted by atomic mass is 10.1. The number of piperazine rings is 1. The fourth-order valence-corrected chi connectivity index (χ4v) is 4.00. The minimum absolute atomic E-state index is 0.181. The molecule has 1 fully saturated rings. The molecule has 0 aliphatic carbocycles. The first kappa shape index (κ1) is 14.5. The first-order chi connectivity index (χ1) is 10.1. The molecule has 114 valence electrons. The van der Waals surface area contributed by atoms with Crippen molar-refractivity contribution in [1.82, 2.24) is 9.88 Å². The summed E-state index contributed by atoms with van der Waals surface area (Å²) in [5.41, 5.74) is 1.25. The number of carbonyl (C=O) groups is 1. The maximum absolute atomic E-state index is 11.2. The molecule has 6 heteroatoms. The Labute approximate surface area is 129 Å². The van der Waals surface area contributed by atoms with Crippen LogP contribution in [0.4, 0.5) is 10.6 Å². The van der Waals surface area contributed by atoms with Gasteiger partial charge >= 0.3 is 6.09 Å². The normalized spacial score (nSPS) is 23.9. The van der Waals surface area contributed by atoms with Gasteiger partial charge < -0.3 is 14.9 Å². The topological polar surface area (TPSA) is 56.7 Å². The van der Waals surface area contributed by atoms with Crippen LogP contribution >= 0.6 is 11.8 Å². The molecule has 1 aromatic rings. The van der Waals surface area contributed by atoms with Crippen LogP contribution in [0.5, 0.6) is 0 Å². The van der Waals surface area contributed by atoms with Crippen molar-refractivity contribution in [1.29, 1.82) is 0 Å². The van der Waals surface area contributed by atoms with E-state index < -0.39 is 6.09 Å². The quantitative estimate of drug-likeness (QED) is 0.870. The maximum Gasteiger partial charge on any atom is 0.407 e. The van der Waals surface area contributed by atoms with E-state index in [-0.39, 0.29) is 12.1 Å². The Kier molecular flexibility index (Phi) is 3.97. The van der Waals surface area contributed by atoms with Crippen LogP contribution in [0, 0.1) is 0 Å². The highest BCUT2D eigenvalue weighted by atomic mass is 32.2. The largest absolute Gasteiger partial charge is 0.465 e. The number of aromatic nitrogens is 1. The van der Waals surface area contributed by atoms with Crippen LogP contribution in [0.2, 0.25) is 0 Å². The molecule has 0 spiro atoms. The molecule has 0 unspecified atom stereocenters. The number of thioether (sulfide) groups is 1. The highest BCUT2D eigenvalue weighted by Crippen LogP contribution is 2.36. The van der Waals surface area contributed by atoms with E-state index >= 15 is 0 Å². The molecule has 1 aromatic heterocycles. The molecule has 0 radical (unpaired) electrons.